The molecule has 6 nitrogen and oxygen atoms in total. The highest BCUT2D eigenvalue weighted by molar-refractivity contribution is 7.09. The standard InChI is InChI=1S/C11H14F3N3O3S/c1-7-5-21-8(16-7)2-3-15-10(20)17(4-9(18)19)6-11(12,13)14/h5H,2-4,6H2,1H3,(H,15,20)(H,18,19). The van der Waals surface area contributed by atoms with E-state index in [1.165, 1.54) is 11.3 Å². The molecule has 0 unspecified atom stereocenters. The molecule has 1 rings (SSSR count). The van der Waals surface area contributed by atoms with Crippen molar-refractivity contribution < 1.29 is 27.9 Å². The van der Waals surface area contributed by atoms with Crippen molar-refractivity contribution >= 4 is 23.3 Å². The first kappa shape index (κ1) is 17.2. The Bertz CT molecular complexity index is 504. The number of hydrogen-bond donors (Lipinski definition) is 2. The number of carboxylic acids is 1. The molecule has 0 radical (unpaired) electrons. The number of aryl methyl sites for hydroxylation is 1. The maximum atomic E-state index is 12.3. The first-order chi connectivity index (χ1) is 9.67. The molecule has 1 aromatic heterocycles. The molecule has 0 aliphatic rings. The lowest BCUT2D eigenvalue weighted by molar-refractivity contribution is -0.148. The Morgan fingerprint density at radius 1 is 1.48 bits per heavy atom. The van der Waals surface area contributed by atoms with E-state index in [2.05, 4.69) is 10.3 Å². The third kappa shape index (κ3) is 6.93. The average Bonchev–Trinajstić information content (AvgIpc) is 2.71. The number of carboxylic acid groups (broad SMARTS) is 1. The van der Waals surface area contributed by atoms with Crippen LogP contribution in [-0.4, -0.2) is 52.8 Å². The van der Waals surface area contributed by atoms with Crippen molar-refractivity contribution in [1.82, 2.24) is 15.2 Å². The fraction of sp³-hybridized carbons (Fsp3) is 0.545. The molecule has 0 saturated carbocycles. The molecule has 1 heterocycles. The normalized spacial score (nSPS) is 11.2. The zero-order valence-electron chi connectivity index (χ0n) is 11.1. The summed E-state index contributed by atoms with van der Waals surface area (Å²) in [6.45, 7) is -0.737. The first-order valence-electron chi connectivity index (χ1n) is 5.89. The van der Waals surface area contributed by atoms with Gasteiger partial charge in [-0.3, -0.25) is 4.79 Å². The molecule has 0 bridgehead atoms. The summed E-state index contributed by atoms with van der Waals surface area (Å²) in [5, 5.41) is 13.4. The highest BCUT2D eigenvalue weighted by Crippen LogP contribution is 2.16. The quantitative estimate of drug-likeness (QED) is 0.833. The minimum absolute atomic E-state index is 0.0831. The smallest absolute Gasteiger partial charge is 0.406 e. The molecule has 2 N–H and O–H groups in total. The molecule has 1 aromatic rings. The Morgan fingerprint density at radius 2 is 2.14 bits per heavy atom. The summed E-state index contributed by atoms with van der Waals surface area (Å²) in [6.07, 6.45) is -4.28. The first-order valence-corrected chi connectivity index (χ1v) is 6.77. The van der Waals surface area contributed by atoms with Crippen LogP contribution in [0.2, 0.25) is 0 Å². The summed E-state index contributed by atoms with van der Waals surface area (Å²) in [7, 11) is 0. The number of amides is 2. The minimum Gasteiger partial charge on any atom is -0.480 e. The van der Waals surface area contributed by atoms with Crippen molar-refractivity contribution in [3.8, 4) is 0 Å². The minimum atomic E-state index is -4.65. The molecular formula is C11H14F3N3O3S. The second-order valence-corrected chi connectivity index (χ2v) is 5.17. The van der Waals surface area contributed by atoms with Crippen molar-refractivity contribution in [2.75, 3.05) is 19.6 Å². The van der Waals surface area contributed by atoms with Gasteiger partial charge in [0.1, 0.15) is 13.1 Å². The summed E-state index contributed by atoms with van der Waals surface area (Å²) >= 11 is 1.38. The molecule has 0 fully saturated rings. The van der Waals surface area contributed by atoms with Crippen LogP contribution in [0.25, 0.3) is 0 Å². The number of carbonyl (C=O) groups is 2. The van der Waals surface area contributed by atoms with Gasteiger partial charge in [0, 0.05) is 24.0 Å². The zero-order valence-corrected chi connectivity index (χ0v) is 11.9. The number of nitrogens with zero attached hydrogens (tertiary/aromatic N) is 2. The molecule has 0 aliphatic heterocycles. The van der Waals surface area contributed by atoms with Crippen LogP contribution in [-0.2, 0) is 11.2 Å². The Balaban J connectivity index is 2.49. The topological polar surface area (TPSA) is 82.5 Å². The van der Waals surface area contributed by atoms with E-state index in [0.717, 1.165) is 10.7 Å². The molecule has 0 saturated heterocycles. The molecule has 0 spiro atoms. The fourth-order valence-electron chi connectivity index (χ4n) is 1.48. The van der Waals surface area contributed by atoms with Crippen LogP contribution >= 0.6 is 11.3 Å². The Morgan fingerprint density at radius 3 is 2.62 bits per heavy atom. The molecule has 21 heavy (non-hydrogen) atoms. The number of nitrogens with one attached hydrogen (secondary N) is 1. The second-order valence-electron chi connectivity index (χ2n) is 4.23. The summed E-state index contributed by atoms with van der Waals surface area (Å²) < 4.78 is 36.9. The van der Waals surface area contributed by atoms with Gasteiger partial charge in [0.15, 0.2) is 0 Å². The number of hydrogen-bond acceptors (Lipinski definition) is 4. The van der Waals surface area contributed by atoms with Crippen LogP contribution in [0.5, 0.6) is 0 Å². The average molecular weight is 325 g/mol. The van der Waals surface area contributed by atoms with Crippen LogP contribution in [0.15, 0.2) is 5.38 Å². The van der Waals surface area contributed by atoms with E-state index in [0.29, 0.717) is 6.42 Å². The predicted octanol–water partition coefficient (Wildman–Crippen LogP) is 1.65. The van der Waals surface area contributed by atoms with Crippen LogP contribution in [0.1, 0.15) is 10.7 Å². The van der Waals surface area contributed by atoms with Crippen LogP contribution in [0, 0.1) is 6.92 Å². The van der Waals surface area contributed by atoms with Gasteiger partial charge in [-0.2, -0.15) is 13.2 Å². The molecule has 0 atom stereocenters. The summed E-state index contributed by atoms with van der Waals surface area (Å²) in [5.41, 5.74) is 0.825. The van der Waals surface area contributed by atoms with Gasteiger partial charge in [0.25, 0.3) is 0 Å². The van der Waals surface area contributed by atoms with Gasteiger partial charge in [-0.05, 0) is 6.92 Å². The summed E-state index contributed by atoms with van der Waals surface area (Å²) in [5.74, 6) is -1.51. The van der Waals surface area contributed by atoms with E-state index in [-0.39, 0.29) is 11.4 Å². The number of carbonyl (C=O) groups excluding carboxylic acids is 1. The lowest BCUT2D eigenvalue weighted by atomic mass is 10.4. The number of urea groups is 1. The zero-order chi connectivity index (χ0) is 16.0. The van der Waals surface area contributed by atoms with Crippen molar-refractivity contribution in [3.63, 3.8) is 0 Å². The van der Waals surface area contributed by atoms with Crippen molar-refractivity contribution in [3.05, 3.63) is 16.1 Å². The van der Waals surface area contributed by atoms with Crippen LogP contribution < -0.4 is 5.32 Å². The van der Waals surface area contributed by atoms with Gasteiger partial charge in [-0.1, -0.05) is 0 Å². The van der Waals surface area contributed by atoms with Crippen molar-refractivity contribution in [2.45, 2.75) is 19.5 Å². The highest BCUT2D eigenvalue weighted by Gasteiger charge is 2.33. The highest BCUT2D eigenvalue weighted by atomic mass is 32.1. The molecule has 0 aromatic carbocycles. The van der Waals surface area contributed by atoms with Gasteiger partial charge >= 0.3 is 18.2 Å². The number of thiazole rings is 1. The van der Waals surface area contributed by atoms with Crippen molar-refractivity contribution in [2.24, 2.45) is 0 Å². The molecule has 0 aliphatic carbocycles. The molecule has 10 heteroatoms. The Kier molecular flexibility index (Phi) is 5.94. The third-order valence-corrected chi connectivity index (χ3v) is 3.29. The second kappa shape index (κ2) is 7.25. The predicted molar refractivity (Wildman–Crippen MR) is 69.2 cm³/mol. The lowest BCUT2D eigenvalue weighted by Crippen LogP contribution is -2.47. The number of alkyl halides is 3. The van der Waals surface area contributed by atoms with E-state index in [1.807, 2.05) is 5.38 Å². The fourth-order valence-corrected chi connectivity index (χ4v) is 2.26. The summed E-state index contributed by atoms with van der Waals surface area (Å²) in [6, 6.07) is -1.07. The largest absolute Gasteiger partial charge is 0.480 e. The number of aromatic nitrogens is 1. The van der Waals surface area contributed by atoms with Gasteiger partial charge in [0.2, 0.25) is 0 Å². The molecule has 118 valence electrons. The van der Waals surface area contributed by atoms with Gasteiger partial charge < -0.3 is 15.3 Å². The molecule has 2 amide bonds. The van der Waals surface area contributed by atoms with Gasteiger partial charge in [-0.15, -0.1) is 11.3 Å². The monoisotopic (exact) mass is 325 g/mol. The Labute approximate surface area is 122 Å². The lowest BCUT2D eigenvalue weighted by Gasteiger charge is -2.22. The van der Waals surface area contributed by atoms with Gasteiger partial charge in [0.05, 0.1) is 5.01 Å². The third-order valence-electron chi connectivity index (χ3n) is 2.27. The molecular weight excluding hydrogens is 311 g/mol. The maximum absolute atomic E-state index is 12.3. The van der Waals surface area contributed by atoms with E-state index in [1.54, 1.807) is 6.92 Å². The SMILES string of the molecule is Cc1csc(CCNC(=O)N(CC(=O)O)CC(F)(F)F)n1. The van der Waals surface area contributed by atoms with E-state index in [9.17, 15) is 22.8 Å². The van der Waals surface area contributed by atoms with E-state index < -0.39 is 31.3 Å². The summed E-state index contributed by atoms with van der Waals surface area (Å²) in [4.78, 5) is 26.4. The number of aliphatic carboxylic acids is 1. The Hall–Kier alpha value is -1.84. The number of halogens is 3. The number of rotatable bonds is 6. The van der Waals surface area contributed by atoms with Crippen LogP contribution in [0.4, 0.5) is 18.0 Å². The van der Waals surface area contributed by atoms with Gasteiger partial charge in [-0.25, -0.2) is 9.78 Å². The van der Waals surface area contributed by atoms with Crippen molar-refractivity contribution in [1.29, 1.82) is 0 Å². The maximum Gasteiger partial charge on any atom is 0.406 e. The van der Waals surface area contributed by atoms with Crippen LogP contribution in [0.3, 0.4) is 0 Å². The van der Waals surface area contributed by atoms with E-state index in [4.69, 9.17) is 5.11 Å². The van der Waals surface area contributed by atoms with E-state index >= 15 is 0 Å².